The first-order valence-corrected chi connectivity index (χ1v) is 6.56. The van der Waals surface area contributed by atoms with Crippen molar-refractivity contribution in [1.82, 2.24) is 9.97 Å². The van der Waals surface area contributed by atoms with Gasteiger partial charge in [-0.05, 0) is 19.4 Å². The van der Waals surface area contributed by atoms with Gasteiger partial charge in [0.1, 0.15) is 11.3 Å². The molecule has 1 rings (SSSR count). The van der Waals surface area contributed by atoms with Gasteiger partial charge in [0.05, 0.1) is 0 Å². The van der Waals surface area contributed by atoms with Crippen molar-refractivity contribution in [3.8, 4) is 0 Å². The van der Waals surface area contributed by atoms with Crippen molar-refractivity contribution in [2.75, 3.05) is 11.9 Å². The lowest BCUT2D eigenvalue weighted by Gasteiger charge is -2.06. The van der Waals surface area contributed by atoms with Gasteiger partial charge in [-0.3, -0.25) is 4.79 Å². The first-order valence-electron chi connectivity index (χ1n) is 5.81. The van der Waals surface area contributed by atoms with Crippen molar-refractivity contribution >= 4 is 34.9 Å². The molecule has 3 N–H and O–H groups in total. The summed E-state index contributed by atoms with van der Waals surface area (Å²) in [6.07, 6.45) is 5.54. The maximum absolute atomic E-state index is 11.6. The van der Waals surface area contributed by atoms with Crippen molar-refractivity contribution in [2.24, 2.45) is 5.73 Å². The highest BCUT2D eigenvalue weighted by atomic mass is 35.5. The Morgan fingerprint density at radius 1 is 1.22 bits per heavy atom. The molecule has 0 aromatic carbocycles. The minimum absolute atomic E-state index is 0.126. The number of hydrogen-bond donors (Lipinski definition) is 2. The fourth-order valence-electron chi connectivity index (χ4n) is 1.41. The number of unbranched alkanes of at least 4 members (excludes halogenated alkanes) is 3. The van der Waals surface area contributed by atoms with E-state index in [1.165, 1.54) is 6.33 Å². The SMILES string of the molecule is NCCCCCCC(=O)Nc1ncnc(Cl)c1Cl. The first-order chi connectivity index (χ1) is 8.65. The van der Waals surface area contributed by atoms with Crippen LogP contribution in [-0.2, 0) is 4.79 Å². The van der Waals surface area contributed by atoms with Crippen molar-refractivity contribution in [1.29, 1.82) is 0 Å². The zero-order valence-electron chi connectivity index (χ0n) is 9.96. The molecule has 0 saturated carbocycles. The van der Waals surface area contributed by atoms with Gasteiger partial charge in [-0.15, -0.1) is 0 Å². The summed E-state index contributed by atoms with van der Waals surface area (Å²) in [5, 5.41) is 2.90. The highest BCUT2D eigenvalue weighted by molar-refractivity contribution is 6.42. The number of carbonyl (C=O) groups is 1. The molecule has 0 atom stereocenters. The van der Waals surface area contributed by atoms with Gasteiger partial charge in [0.15, 0.2) is 11.0 Å². The Balaban J connectivity index is 2.34. The molecule has 5 nitrogen and oxygen atoms in total. The molecule has 7 heteroatoms. The van der Waals surface area contributed by atoms with Crippen LogP contribution in [0.2, 0.25) is 10.2 Å². The topological polar surface area (TPSA) is 80.9 Å². The molecule has 1 amide bonds. The Bertz CT molecular complexity index is 401. The number of carbonyl (C=O) groups excluding carboxylic acids is 1. The van der Waals surface area contributed by atoms with Crippen LogP contribution < -0.4 is 11.1 Å². The second-order valence-electron chi connectivity index (χ2n) is 3.83. The number of rotatable bonds is 7. The van der Waals surface area contributed by atoms with Gasteiger partial charge in [0.2, 0.25) is 5.91 Å². The summed E-state index contributed by atoms with van der Waals surface area (Å²) in [6.45, 7) is 0.696. The molecule has 0 saturated heterocycles. The van der Waals surface area contributed by atoms with E-state index in [1.807, 2.05) is 0 Å². The zero-order chi connectivity index (χ0) is 13.4. The molecule has 0 fully saturated rings. The largest absolute Gasteiger partial charge is 0.330 e. The minimum atomic E-state index is -0.126. The lowest BCUT2D eigenvalue weighted by atomic mass is 10.1. The normalized spacial score (nSPS) is 10.4. The fourth-order valence-corrected chi connectivity index (χ4v) is 1.69. The highest BCUT2D eigenvalue weighted by Gasteiger charge is 2.10. The molecule has 0 aliphatic rings. The standard InChI is InChI=1S/C11H16Cl2N4O/c12-9-10(13)15-7-16-11(9)17-8(18)5-3-1-2-4-6-14/h7H,1-6,14H2,(H,15,16,17,18). The van der Waals surface area contributed by atoms with Crippen LogP contribution in [0.3, 0.4) is 0 Å². The summed E-state index contributed by atoms with van der Waals surface area (Å²) in [7, 11) is 0. The van der Waals surface area contributed by atoms with Crippen LogP contribution in [0, 0.1) is 0 Å². The Morgan fingerprint density at radius 2 is 1.94 bits per heavy atom. The predicted molar refractivity (Wildman–Crippen MR) is 72.8 cm³/mol. The van der Waals surface area contributed by atoms with Gasteiger partial charge in [-0.1, -0.05) is 36.0 Å². The Hall–Kier alpha value is -0.910. The van der Waals surface area contributed by atoms with E-state index in [4.69, 9.17) is 28.9 Å². The molecule has 1 aromatic rings. The van der Waals surface area contributed by atoms with E-state index < -0.39 is 0 Å². The molecule has 0 bridgehead atoms. The Kier molecular flexibility index (Phi) is 6.93. The van der Waals surface area contributed by atoms with Gasteiger partial charge < -0.3 is 11.1 Å². The number of amides is 1. The maximum atomic E-state index is 11.6. The van der Waals surface area contributed by atoms with E-state index in [2.05, 4.69) is 15.3 Å². The second-order valence-corrected chi connectivity index (χ2v) is 4.56. The molecule has 0 aliphatic carbocycles. The average Bonchev–Trinajstić information content (AvgIpc) is 2.35. The van der Waals surface area contributed by atoms with Crippen molar-refractivity contribution in [3.05, 3.63) is 16.5 Å². The third-order valence-corrected chi connectivity index (χ3v) is 3.10. The number of nitrogens with two attached hydrogens (primary N) is 1. The number of anilines is 1. The smallest absolute Gasteiger partial charge is 0.225 e. The number of hydrogen-bond acceptors (Lipinski definition) is 4. The molecule has 0 spiro atoms. The number of aromatic nitrogens is 2. The first kappa shape index (κ1) is 15.1. The van der Waals surface area contributed by atoms with Crippen LogP contribution in [0.1, 0.15) is 32.1 Å². The van der Waals surface area contributed by atoms with Crippen molar-refractivity contribution < 1.29 is 4.79 Å². The molecular weight excluding hydrogens is 275 g/mol. The summed E-state index contributed by atoms with van der Waals surface area (Å²) >= 11 is 11.6. The summed E-state index contributed by atoms with van der Waals surface area (Å²) in [5.41, 5.74) is 5.38. The van der Waals surface area contributed by atoms with E-state index in [1.54, 1.807) is 0 Å². The summed E-state index contributed by atoms with van der Waals surface area (Å²) in [6, 6.07) is 0. The molecule has 1 heterocycles. The average molecular weight is 291 g/mol. The summed E-state index contributed by atoms with van der Waals surface area (Å²) in [5.74, 6) is 0.128. The number of nitrogens with zero attached hydrogens (tertiary/aromatic N) is 2. The molecule has 0 radical (unpaired) electrons. The summed E-state index contributed by atoms with van der Waals surface area (Å²) < 4.78 is 0. The van der Waals surface area contributed by atoms with E-state index >= 15 is 0 Å². The van der Waals surface area contributed by atoms with E-state index in [9.17, 15) is 4.79 Å². The Morgan fingerprint density at radius 3 is 2.67 bits per heavy atom. The summed E-state index contributed by atoms with van der Waals surface area (Å²) in [4.78, 5) is 19.2. The van der Waals surface area contributed by atoms with Gasteiger partial charge >= 0.3 is 0 Å². The van der Waals surface area contributed by atoms with Crippen LogP contribution in [0.4, 0.5) is 5.82 Å². The number of halogens is 2. The lowest BCUT2D eigenvalue weighted by molar-refractivity contribution is -0.116. The second kappa shape index (κ2) is 8.24. The van der Waals surface area contributed by atoms with Gasteiger partial charge in [0.25, 0.3) is 0 Å². The molecule has 0 unspecified atom stereocenters. The molecule has 18 heavy (non-hydrogen) atoms. The van der Waals surface area contributed by atoms with Crippen LogP contribution >= 0.6 is 23.2 Å². The van der Waals surface area contributed by atoms with E-state index in [0.29, 0.717) is 13.0 Å². The van der Waals surface area contributed by atoms with Gasteiger partial charge in [0, 0.05) is 6.42 Å². The third kappa shape index (κ3) is 5.16. The van der Waals surface area contributed by atoms with Crippen LogP contribution in [0.15, 0.2) is 6.33 Å². The molecule has 0 aliphatic heterocycles. The van der Waals surface area contributed by atoms with E-state index in [-0.39, 0.29) is 21.9 Å². The van der Waals surface area contributed by atoms with Crippen LogP contribution in [-0.4, -0.2) is 22.4 Å². The van der Waals surface area contributed by atoms with E-state index in [0.717, 1.165) is 25.7 Å². The lowest BCUT2D eigenvalue weighted by Crippen LogP contribution is -2.13. The fraction of sp³-hybridized carbons (Fsp3) is 0.545. The Labute approximate surface area is 116 Å². The monoisotopic (exact) mass is 290 g/mol. The zero-order valence-corrected chi connectivity index (χ0v) is 11.5. The predicted octanol–water partition coefficient (Wildman–Crippen LogP) is 2.63. The van der Waals surface area contributed by atoms with Crippen LogP contribution in [0.5, 0.6) is 0 Å². The van der Waals surface area contributed by atoms with Gasteiger partial charge in [-0.2, -0.15) is 0 Å². The highest BCUT2D eigenvalue weighted by Crippen LogP contribution is 2.25. The van der Waals surface area contributed by atoms with Crippen molar-refractivity contribution in [3.63, 3.8) is 0 Å². The van der Waals surface area contributed by atoms with Gasteiger partial charge in [-0.25, -0.2) is 9.97 Å². The molecule has 1 aromatic heterocycles. The van der Waals surface area contributed by atoms with Crippen LogP contribution in [0.25, 0.3) is 0 Å². The maximum Gasteiger partial charge on any atom is 0.225 e. The molecule has 100 valence electrons. The number of nitrogens with one attached hydrogen (secondary N) is 1. The molecular formula is C11H16Cl2N4O. The minimum Gasteiger partial charge on any atom is -0.330 e. The van der Waals surface area contributed by atoms with Crippen molar-refractivity contribution in [2.45, 2.75) is 32.1 Å². The third-order valence-electron chi connectivity index (χ3n) is 2.36. The quantitative estimate of drug-likeness (QED) is 0.597.